The lowest BCUT2D eigenvalue weighted by Gasteiger charge is -2.22. The molecule has 4 heteroatoms. The van der Waals surface area contributed by atoms with E-state index in [0.717, 1.165) is 25.8 Å². The predicted octanol–water partition coefficient (Wildman–Crippen LogP) is 4.11. The van der Waals surface area contributed by atoms with Gasteiger partial charge in [-0.3, -0.25) is 4.79 Å². The van der Waals surface area contributed by atoms with Crippen molar-refractivity contribution in [2.45, 2.75) is 58.9 Å². The first-order valence-corrected chi connectivity index (χ1v) is 8.99. The zero-order valence-corrected chi connectivity index (χ0v) is 14.4. The monoisotopic (exact) mass is 310 g/mol. The molecule has 120 valence electrons. The fraction of sp³-hybridized carbons (Fsp3) is 0.706. The van der Waals surface area contributed by atoms with E-state index < -0.39 is 0 Å². The number of nitrogens with two attached hydrogens (primary N) is 1. The second-order valence-corrected chi connectivity index (χ2v) is 7.05. The Balaban J connectivity index is 2.47. The first-order chi connectivity index (χ1) is 10.1. The number of carbonyl (C=O) groups excluding carboxylic acids is 1. The molecule has 3 N–H and O–H groups in total. The first kappa shape index (κ1) is 18.2. The van der Waals surface area contributed by atoms with Crippen LogP contribution in [0.5, 0.6) is 0 Å². The maximum atomic E-state index is 12.2. The van der Waals surface area contributed by atoms with Crippen LogP contribution in [-0.4, -0.2) is 12.5 Å². The predicted molar refractivity (Wildman–Crippen MR) is 91.3 cm³/mol. The molecule has 1 aromatic heterocycles. The fourth-order valence-corrected chi connectivity index (χ4v) is 3.64. The highest BCUT2D eigenvalue weighted by atomic mass is 32.1. The van der Waals surface area contributed by atoms with Crippen molar-refractivity contribution in [2.75, 3.05) is 6.54 Å². The van der Waals surface area contributed by atoms with Gasteiger partial charge in [0, 0.05) is 11.3 Å². The highest BCUT2D eigenvalue weighted by molar-refractivity contribution is 7.10. The Kier molecular flexibility index (Phi) is 8.62. The Morgan fingerprint density at radius 3 is 2.62 bits per heavy atom. The zero-order chi connectivity index (χ0) is 15.7. The number of amides is 1. The molecule has 0 aliphatic carbocycles. The van der Waals surface area contributed by atoms with E-state index in [0.29, 0.717) is 18.3 Å². The quantitative estimate of drug-likeness (QED) is 0.683. The van der Waals surface area contributed by atoms with Crippen LogP contribution in [0.3, 0.4) is 0 Å². The van der Waals surface area contributed by atoms with Crippen LogP contribution in [0.25, 0.3) is 0 Å². The van der Waals surface area contributed by atoms with E-state index in [1.54, 1.807) is 11.3 Å². The fourth-order valence-electron chi connectivity index (χ4n) is 2.69. The first-order valence-electron chi connectivity index (χ1n) is 8.11. The van der Waals surface area contributed by atoms with Crippen LogP contribution in [-0.2, 0) is 4.79 Å². The summed E-state index contributed by atoms with van der Waals surface area (Å²) in [6, 6.07) is 4.28. The molecule has 1 heterocycles. The van der Waals surface area contributed by atoms with Crippen molar-refractivity contribution in [3.05, 3.63) is 22.4 Å². The summed E-state index contributed by atoms with van der Waals surface area (Å²) in [7, 11) is 0. The van der Waals surface area contributed by atoms with E-state index in [1.807, 2.05) is 6.07 Å². The topological polar surface area (TPSA) is 55.1 Å². The molecule has 1 rings (SSSR count). The molecule has 0 aliphatic rings. The molecular formula is C17H30N2OS. The Labute approximate surface area is 133 Å². The smallest absolute Gasteiger partial charge is 0.220 e. The molecule has 0 saturated heterocycles. The Morgan fingerprint density at radius 1 is 1.33 bits per heavy atom. The second kappa shape index (κ2) is 9.96. The van der Waals surface area contributed by atoms with E-state index in [1.165, 1.54) is 11.3 Å². The lowest BCUT2D eigenvalue weighted by atomic mass is 9.94. The third kappa shape index (κ3) is 6.62. The largest absolute Gasteiger partial charge is 0.348 e. The van der Waals surface area contributed by atoms with Crippen molar-refractivity contribution in [1.82, 2.24) is 5.32 Å². The van der Waals surface area contributed by atoms with Gasteiger partial charge in [-0.05, 0) is 42.7 Å². The molecular weight excluding hydrogens is 280 g/mol. The van der Waals surface area contributed by atoms with Crippen molar-refractivity contribution in [1.29, 1.82) is 0 Å². The summed E-state index contributed by atoms with van der Waals surface area (Å²) in [5, 5.41) is 5.26. The molecule has 0 saturated carbocycles. The minimum atomic E-state index is 0.136. The summed E-state index contributed by atoms with van der Waals surface area (Å²) in [5.41, 5.74) is 5.65. The molecule has 2 atom stereocenters. The molecule has 1 aromatic rings. The summed E-state index contributed by atoms with van der Waals surface area (Å²) in [6.45, 7) is 7.21. The van der Waals surface area contributed by atoms with Crippen LogP contribution >= 0.6 is 11.3 Å². The SMILES string of the molecule is CCCC(CCN)CCC(=O)NC(c1cccs1)C(C)C. The second-order valence-electron chi connectivity index (χ2n) is 6.08. The van der Waals surface area contributed by atoms with Crippen LogP contribution in [0.4, 0.5) is 0 Å². The van der Waals surface area contributed by atoms with Crippen molar-refractivity contribution >= 4 is 17.2 Å². The number of nitrogens with one attached hydrogen (secondary N) is 1. The highest BCUT2D eigenvalue weighted by Crippen LogP contribution is 2.26. The minimum Gasteiger partial charge on any atom is -0.348 e. The third-order valence-electron chi connectivity index (χ3n) is 3.88. The van der Waals surface area contributed by atoms with Crippen LogP contribution in [0.15, 0.2) is 17.5 Å². The standard InChI is InChI=1S/C17H30N2OS/c1-4-6-14(10-11-18)8-9-16(20)19-17(13(2)3)15-7-5-12-21-15/h5,7,12-14,17H,4,6,8-11,18H2,1-3H3,(H,19,20). The molecule has 1 amide bonds. The van der Waals surface area contributed by atoms with E-state index in [9.17, 15) is 4.79 Å². The van der Waals surface area contributed by atoms with Gasteiger partial charge < -0.3 is 11.1 Å². The van der Waals surface area contributed by atoms with Gasteiger partial charge in [0.15, 0.2) is 0 Å². The van der Waals surface area contributed by atoms with Gasteiger partial charge in [0.25, 0.3) is 0 Å². The lowest BCUT2D eigenvalue weighted by Crippen LogP contribution is -2.31. The number of carbonyl (C=O) groups is 1. The Bertz CT molecular complexity index is 384. The van der Waals surface area contributed by atoms with Gasteiger partial charge in [0.05, 0.1) is 6.04 Å². The van der Waals surface area contributed by atoms with Crippen LogP contribution in [0, 0.1) is 11.8 Å². The van der Waals surface area contributed by atoms with Crippen molar-refractivity contribution < 1.29 is 4.79 Å². The average Bonchev–Trinajstić information content (AvgIpc) is 2.96. The summed E-state index contributed by atoms with van der Waals surface area (Å²) in [4.78, 5) is 13.5. The maximum absolute atomic E-state index is 12.2. The summed E-state index contributed by atoms with van der Waals surface area (Å²) < 4.78 is 0. The number of hydrogen-bond acceptors (Lipinski definition) is 3. The Hall–Kier alpha value is -0.870. The van der Waals surface area contributed by atoms with Gasteiger partial charge in [0.2, 0.25) is 5.91 Å². The molecule has 0 fully saturated rings. The number of rotatable bonds is 10. The third-order valence-corrected chi connectivity index (χ3v) is 4.84. The average molecular weight is 311 g/mol. The number of thiophene rings is 1. The maximum Gasteiger partial charge on any atom is 0.220 e. The van der Waals surface area contributed by atoms with Crippen molar-refractivity contribution in [3.63, 3.8) is 0 Å². The van der Waals surface area contributed by atoms with Gasteiger partial charge in [-0.1, -0.05) is 39.7 Å². The van der Waals surface area contributed by atoms with Crippen molar-refractivity contribution in [2.24, 2.45) is 17.6 Å². The normalized spacial score (nSPS) is 14.1. The lowest BCUT2D eigenvalue weighted by molar-refractivity contribution is -0.122. The van der Waals surface area contributed by atoms with Gasteiger partial charge in [-0.2, -0.15) is 0 Å². The van der Waals surface area contributed by atoms with Crippen LogP contribution < -0.4 is 11.1 Å². The summed E-state index contributed by atoms with van der Waals surface area (Å²) in [6.07, 6.45) is 4.92. The zero-order valence-electron chi connectivity index (χ0n) is 13.6. The van der Waals surface area contributed by atoms with Crippen LogP contribution in [0.2, 0.25) is 0 Å². The molecule has 3 nitrogen and oxygen atoms in total. The molecule has 0 aliphatic heterocycles. The molecule has 0 radical (unpaired) electrons. The van der Waals surface area contributed by atoms with E-state index in [-0.39, 0.29) is 11.9 Å². The molecule has 21 heavy (non-hydrogen) atoms. The molecule has 0 aromatic carbocycles. The van der Waals surface area contributed by atoms with E-state index in [2.05, 4.69) is 37.5 Å². The van der Waals surface area contributed by atoms with Gasteiger partial charge in [-0.15, -0.1) is 11.3 Å². The van der Waals surface area contributed by atoms with Crippen LogP contribution in [0.1, 0.15) is 63.8 Å². The van der Waals surface area contributed by atoms with Crippen molar-refractivity contribution in [3.8, 4) is 0 Å². The Morgan fingerprint density at radius 2 is 2.10 bits per heavy atom. The van der Waals surface area contributed by atoms with E-state index in [4.69, 9.17) is 5.73 Å². The van der Waals surface area contributed by atoms with Gasteiger partial charge >= 0.3 is 0 Å². The minimum absolute atomic E-state index is 0.136. The highest BCUT2D eigenvalue weighted by Gasteiger charge is 2.19. The number of hydrogen-bond donors (Lipinski definition) is 2. The van der Waals surface area contributed by atoms with E-state index >= 15 is 0 Å². The summed E-state index contributed by atoms with van der Waals surface area (Å²) >= 11 is 1.71. The summed E-state index contributed by atoms with van der Waals surface area (Å²) in [5.74, 6) is 1.16. The molecule has 2 unspecified atom stereocenters. The molecule has 0 spiro atoms. The van der Waals surface area contributed by atoms with Gasteiger partial charge in [0.1, 0.15) is 0 Å². The van der Waals surface area contributed by atoms with Gasteiger partial charge in [-0.25, -0.2) is 0 Å². The molecule has 0 bridgehead atoms.